The van der Waals surface area contributed by atoms with E-state index in [2.05, 4.69) is 0 Å². The third kappa shape index (κ3) is 3.14. The van der Waals surface area contributed by atoms with E-state index in [1.165, 1.54) is 12.1 Å². The SMILES string of the molecule is CCN(c1ccc(F)c(N)c1C(=O)O)C(C)COC. The topological polar surface area (TPSA) is 75.8 Å². The maximum absolute atomic E-state index is 13.4. The van der Waals surface area contributed by atoms with Crippen LogP contribution in [-0.2, 0) is 4.74 Å². The number of carbonyl (C=O) groups is 1. The summed E-state index contributed by atoms with van der Waals surface area (Å²) in [5.41, 5.74) is 5.39. The van der Waals surface area contributed by atoms with Gasteiger partial charge in [0.1, 0.15) is 11.4 Å². The van der Waals surface area contributed by atoms with E-state index < -0.39 is 11.8 Å². The lowest BCUT2D eigenvalue weighted by Gasteiger charge is -2.31. The van der Waals surface area contributed by atoms with Crippen molar-refractivity contribution in [3.05, 3.63) is 23.5 Å². The van der Waals surface area contributed by atoms with E-state index in [-0.39, 0.29) is 17.3 Å². The van der Waals surface area contributed by atoms with Gasteiger partial charge in [-0.1, -0.05) is 0 Å². The Morgan fingerprint density at radius 2 is 2.21 bits per heavy atom. The highest BCUT2D eigenvalue weighted by molar-refractivity contribution is 6.00. The summed E-state index contributed by atoms with van der Waals surface area (Å²) in [4.78, 5) is 13.1. The number of nitrogen functional groups attached to an aromatic ring is 1. The van der Waals surface area contributed by atoms with Crippen molar-refractivity contribution in [2.45, 2.75) is 19.9 Å². The third-order valence-corrected chi connectivity index (χ3v) is 2.97. The van der Waals surface area contributed by atoms with Crippen LogP contribution < -0.4 is 10.6 Å². The normalized spacial score (nSPS) is 12.2. The van der Waals surface area contributed by atoms with Crippen LogP contribution in [0.1, 0.15) is 24.2 Å². The molecule has 0 aliphatic heterocycles. The predicted molar refractivity (Wildman–Crippen MR) is 72.1 cm³/mol. The van der Waals surface area contributed by atoms with Gasteiger partial charge in [-0.25, -0.2) is 9.18 Å². The number of anilines is 2. The van der Waals surface area contributed by atoms with Crippen LogP contribution in [0.2, 0.25) is 0 Å². The largest absolute Gasteiger partial charge is 0.478 e. The standard InChI is InChI=1S/C13H19FN2O3/c1-4-16(8(2)7-19-3)10-6-5-9(14)12(15)11(10)13(17)18/h5-6,8H,4,7,15H2,1-3H3,(H,17,18). The Balaban J connectivity index is 3.31. The van der Waals surface area contributed by atoms with Crippen molar-refractivity contribution in [1.82, 2.24) is 0 Å². The predicted octanol–water partition coefficient (Wildman–Crippen LogP) is 1.97. The van der Waals surface area contributed by atoms with Crippen molar-refractivity contribution < 1.29 is 19.0 Å². The zero-order valence-corrected chi connectivity index (χ0v) is 11.3. The van der Waals surface area contributed by atoms with Crippen LogP contribution in [0.4, 0.5) is 15.8 Å². The number of aromatic carboxylic acids is 1. The lowest BCUT2D eigenvalue weighted by molar-refractivity contribution is 0.0698. The highest BCUT2D eigenvalue weighted by atomic mass is 19.1. The van der Waals surface area contributed by atoms with Gasteiger partial charge >= 0.3 is 5.97 Å². The Labute approximate surface area is 111 Å². The fourth-order valence-electron chi connectivity index (χ4n) is 2.10. The van der Waals surface area contributed by atoms with Gasteiger partial charge in [0, 0.05) is 19.7 Å². The molecule has 3 N–H and O–H groups in total. The van der Waals surface area contributed by atoms with Crippen molar-refractivity contribution in [1.29, 1.82) is 0 Å². The number of benzene rings is 1. The van der Waals surface area contributed by atoms with Gasteiger partial charge in [-0.05, 0) is 26.0 Å². The summed E-state index contributed by atoms with van der Waals surface area (Å²) < 4.78 is 18.5. The number of halogens is 1. The minimum atomic E-state index is -1.24. The van der Waals surface area contributed by atoms with Gasteiger partial charge in [-0.15, -0.1) is 0 Å². The average molecular weight is 270 g/mol. The van der Waals surface area contributed by atoms with Crippen LogP contribution in [0.3, 0.4) is 0 Å². The number of hydrogen-bond donors (Lipinski definition) is 2. The van der Waals surface area contributed by atoms with Crippen molar-refractivity contribution in [3.8, 4) is 0 Å². The van der Waals surface area contributed by atoms with Crippen LogP contribution in [-0.4, -0.2) is 37.4 Å². The van der Waals surface area contributed by atoms with Gasteiger partial charge in [0.05, 0.1) is 18.0 Å². The summed E-state index contributed by atoms with van der Waals surface area (Å²) in [6.07, 6.45) is 0. The fraction of sp³-hybridized carbons (Fsp3) is 0.462. The van der Waals surface area contributed by atoms with Crippen molar-refractivity contribution in [2.75, 3.05) is 30.9 Å². The summed E-state index contributed by atoms with van der Waals surface area (Å²) in [5.74, 6) is -1.97. The van der Waals surface area contributed by atoms with Gasteiger partial charge in [-0.2, -0.15) is 0 Å². The molecule has 19 heavy (non-hydrogen) atoms. The molecule has 0 amide bonds. The number of ether oxygens (including phenoxy) is 1. The molecule has 0 fully saturated rings. The Bertz CT molecular complexity index is 465. The molecule has 0 bridgehead atoms. The van der Waals surface area contributed by atoms with Gasteiger partial charge in [0.2, 0.25) is 0 Å². The number of carboxylic acid groups (broad SMARTS) is 1. The van der Waals surface area contributed by atoms with Gasteiger partial charge < -0.3 is 20.5 Å². The Kier molecular flexibility index (Phi) is 5.11. The van der Waals surface area contributed by atoms with Crippen LogP contribution in [0.15, 0.2) is 12.1 Å². The minimum Gasteiger partial charge on any atom is -0.478 e. The van der Waals surface area contributed by atoms with Crippen LogP contribution in [0.5, 0.6) is 0 Å². The second-order valence-corrected chi connectivity index (χ2v) is 4.25. The molecule has 0 saturated heterocycles. The van der Waals surface area contributed by atoms with Crippen molar-refractivity contribution in [2.24, 2.45) is 0 Å². The molecule has 0 aliphatic rings. The van der Waals surface area contributed by atoms with Gasteiger partial charge in [0.15, 0.2) is 0 Å². The highest BCUT2D eigenvalue weighted by Gasteiger charge is 2.23. The molecular formula is C13H19FN2O3. The molecular weight excluding hydrogens is 251 g/mol. The number of nitrogens with two attached hydrogens (primary N) is 1. The number of carboxylic acids is 1. The van der Waals surface area contributed by atoms with Gasteiger partial charge in [0.25, 0.3) is 0 Å². The second-order valence-electron chi connectivity index (χ2n) is 4.25. The van der Waals surface area contributed by atoms with Crippen LogP contribution in [0.25, 0.3) is 0 Å². The smallest absolute Gasteiger partial charge is 0.340 e. The number of methoxy groups -OCH3 is 1. The van der Waals surface area contributed by atoms with E-state index in [4.69, 9.17) is 10.5 Å². The number of nitrogens with zero attached hydrogens (tertiary/aromatic N) is 1. The van der Waals surface area contributed by atoms with E-state index in [1.807, 2.05) is 18.7 Å². The number of likely N-dealkylation sites (N-methyl/N-ethyl adjacent to an activating group) is 1. The molecule has 0 spiro atoms. The molecule has 1 aromatic rings. The molecule has 6 heteroatoms. The third-order valence-electron chi connectivity index (χ3n) is 2.97. The summed E-state index contributed by atoms with van der Waals surface area (Å²) in [7, 11) is 1.57. The van der Waals surface area contributed by atoms with E-state index in [0.717, 1.165) is 0 Å². The second kappa shape index (κ2) is 6.38. The Morgan fingerprint density at radius 1 is 1.58 bits per heavy atom. The quantitative estimate of drug-likeness (QED) is 0.773. The monoisotopic (exact) mass is 270 g/mol. The number of rotatable bonds is 6. The lowest BCUT2D eigenvalue weighted by atomic mass is 10.1. The number of hydrogen-bond acceptors (Lipinski definition) is 4. The summed E-state index contributed by atoms with van der Waals surface area (Å²) in [6, 6.07) is 2.57. The maximum atomic E-state index is 13.4. The van der Waals surface area contributed by atoms with E-state index in [1.54, 1.807) is 7.11 Å². The Morgan fingerprint density at radius 3 is 2.68 bits per heavy atom. The Hall–Kier alpha value is -1.82. The summed E-state index contributed by atoms with van der Waals surface area (Å²) >= 11 is 0. The molecule has 1 rings (SSSR count). The zero-order valence-electron chi connectivity index (χ0n) is 11.3. The molecule has 0 heterocycles. The fourth-order valence-corrected chi connectivity index (χ4v) is 2.10. The molecule has 106 valence electrons. The summed E-state index contributed by atoms with van der Waals surface area (Å²) in [6.45, 7) is 4.79. The van der Waals surface area contributed by atoms with Crippen LogP contribution in [0, 0.1) is 5.82 Å². The van der Waals surface area contributed by atoms with E-state index in [9.17, 15) is 14.3 Å². The van der Waals surface area contributed by atoms with E-state index in [0.29, 0.717) is 18.8 Å². The molecule has 0 aliphatic carbocycles. The molecule has 0 aromatic heterocycles. The van der Waals surface area contributed by atoms with Gasteiger partial charge in [-0.3, -0.25) is 0 Å². The molecule has 1 aromatic carbocycles. The first-order valence-corrected chi connectivity index (χ1v) is 6.00. The van der Waals surface area contributed by atoms with Crippen molar-refractivity contribution in [3.63, 3.8) is 0 Å². The lowest BCUT2D eigenvalue weighted by Crippen LogP contribution is -2.37. The first kappa shape index (κ1) is 15.2. The zero-order chi connectivity index (χ0) is 14.6. The first-order chi connectivity index (χ1) is 8.93. The molecule has 5 nitrogen and oxygen atoms in total. The summed E-state index contributed by atoms with van der Waals surface area (Å²) in [5, 5.41) is 9.22. The molecule has 1 unspecified atom stereocenters. The van der Waals surface area contributed by atoms with Crippen LogP contribution >= 0.6 is 0 Å². The minimum absolute atomic E-state index is 0.0436. The maximum Gasteiger partial charge on any atom is 0.340 e. The highest BCUT2D eigenvalue weighted by Crippen LogP contribution is 2.29. The molecule has 1 atom stereocenters. The van der Waals surface area contributed by atoms with Crippen molar-refractivity contribution >= 4 is 17.3 Å². The molecule has 0 saturated carbocycles. The molecule has 0 radical (unpaired) electrons. The first-order valence-electron chi connectivity index (χ1n) is 6.00. The average Bonchev–Trinajstić information content (AvgIpc) is 2.34. The van der Waals surface area contributed by atoms with E-state index >= 15 is 0 Å².